The van der Waals surface area contributed by atoms with Crippen molar-refractivity contribution in [2.24, 2.45) is 0 Å². The van der Waals surface area contributed by atoms with Crippen LogP contribution in [-0.4, -0.2) is 30.6 Å². The van der Waals surface area contributed by atoms with Gasteiger partial charge in [-0.25, -0.2) is 4.98 Å². The Morgan fingerprint density at radius 1 is 1.15 bits per heavy atom. The number of rotatable bonds is 9. The molecule has 2 rings (SSSR count). The van der Waals surface area contributed by atoms with Gasteiger partial charge in [0.25, 0.3) is 5.91 Å². The summed E-state index contributed by atoms with van der Waals surface area (Å²) in [6.45, 7) is 6.06. The van der Waals surface area contributed by atoms with E-state index in [9.17, 15) is 4.79 Å². The van der Waals surface area contributed by atoms with E-state index in [1.165, 1.54) is 0 Å². The van der Waals surface area contributed by atoms with Crippen molar-refractivity contribution in [3.8, 4) is 5.75 Å². The van der Waals surface area contributed by atoms with Crippen LogP contribution in [0.5, 0.6) is 5.75 Å². The van der Waals surface area contributed by atoms with Gasteiger partial charge < -0.3 is 15.0 Å². The molecule has 0 bridgehead atoms. The molecule has 0 unspecified atom stereocenters. The number of halogens is 2. The normalized spacial score (nSPS) is 10.5. The van der Waals surface area contributed by atoms with Crippen LogP contribution in [0.2, 0.25) is 10.0 Å². The number of pyridine rings is 1. The maximum Gasteiger partial charge on any atom is 0.262 e. The van der Waals surface area contributed by atoms with Crippen molar-refractivity contribution in [2.75, 3.05) is 29.9 Å². The van der Waals surface area contributed by atoms with Gasteiger partial charge in [-0.1, -0.05) is 37.0 Å². The second kappa shape index (κ2) is 10.2. The average Bonchev–Trinajstić information content (AvgIpc) is 2.61. The first-order valence-electron chi connectivity index (χ1n) is 8.62. The second-order valence-electron chi connectivity index (χ2n) is 5.80. The number of carbonyl (C=O) groups is 1. The lowest BCUT2D eigenvalue weighted by Crippen LogP contribution is -2.26. The van der Waals surface area contributed by atoms with Gasteiger partial charge >= 0.3 is 0 Å². The van der Waals surface area contributed by atoms with Crippen LogP contribution in [0.1, 0.15) is 26.7 Å². The van der Waals surface area contributed by atoms with Gasteiger partial charge in [0.15, 0.2) is 6.61 Å². The number of hydrogen-bond donors (Lipinski definition) is 1. The van der Waals surface area contributed by atoms with Crippen LogP contribution in [0.3, 0.4) is 0 Å². The molecule has 1 heterocycles. The van der Waals surface area contributed by atoms with Crippen molar-refractivity contribution in [3.63, 3.8) is 0 Å². The van der Waals surface area contributed by atoms with Crippen molar-refractivity contribution in [1.82, 2.24) is 4.98 Å². The zero-order valence-corrected chi connectivity index (χ0v) is 16.5. The van der Waals surface area contributed by atoms with Crippen LogP contribution in [0.25, 0.3) is 0 Å². The van der Waals surface area contributed by atoms with Gasteiger partial charge in [0.05, 0.1) is 16.9 Å². The highest BCUT2D eigenvalue weighted by Gasteiger charge is 2.09. The molecule has 2 aromatic rings. The summed E-state index contributed by atoms with van der Waals surface area (Å²) >= 11 is 11.8. The first-order chi connectivity index (χ1) is 12.5. The number of carbonyl (C=O) groups excluding carboxylic acids is 1. The minimum atomic E-state index is -0.287. The summed E-state index contributed by atoms with van der Waals surface area (Å²) in [7, 11) is 0. The van der Waals surface area contributed by atoms with Crippen LogP contribution in [0, 0.1) is 0 Å². The van der Waals surface area contributed by atoms with Crippen molar-refractivity contribution in [1.29, 1.82) is 0 Å². The summed E-state index contributed by atoms with van der Waals surface area (Å²) in [6.07, 6.45) is 3.77. The second-order valence-corrected chi connectivity index (χ2v) is 6.65. The van der Waals surface area contributed by atoms with Crippen LogP contribution >= 0.6 is 23.2 Å². The number of anilines is 2. The Morgan fingerprint density at radius 2 is 1.88 bits per heavy atom. The Bertz CT molecular complexity index is 717. The Kier molecular flexibility index (Phi) is 8.01. The van der Waals surface area contributed by atoms with Crippen molar-refractivity contribution in [2.45, 2.75) is 26.7 Å². The van der Waals surface area contributed by atoms with Gasteiger partial charge in [0, 0.05) is 18.1 Å². The lowest BCUT2D eigenvalue weighted by atomic mass is 10.3. The lowest BCUT2D eigenvalue weighted by molar-refractivity contribution is -0.118. The molecule has 1 aromatic heterocycles. The molecule has 0 aliphatic heterocycles. The van der Waals surface area contributed by atoms with Crippen molar-refractivity contribution < 1.29 is 9.53 Å². The number of benzene rings is 1. The summed E-state index contributed by atoms with van der Waals surface area (Å²) in [5, 5.41) is 3.64. The molecule has 5 nitrogen and oxygen atoms in total. The number of aromatic nitrogens is 1. The minimum absolute atomic E-state index is 0.152. The fourth-order valence-corrected chi connectivity index (χ4v) is 2.92. The fraction of sp³-hybridized carbons (Fsp3) is 0.368. The zero-order valence-electron chi connectivity index (χ0n) is 15.0. The molecule has 0 saturated carbocycles. The predicted octanol–water partition coefficient (Wildman–Crippen LogP) is 5.03. The van der Waals surface area contributed by atoms with Crippen molar-refractivity contribution >= 4 is 40.6 Å². The Hall–Kier alpha value is -1.98. The lowest BCUT2D eigenvalue weighted by Gasteiger charge is -2.22. The molecule has 1 aromatic carbocycles. The zero-order chi connectivity index (χ0) is 18.9. The molecule has 0 saturated heterocycles. The van der Waals surface area contributed by atoms with E-state index < -0.39 is 0 Å². The van der Waals surface area contributed by atoms with Gasteiger partial charge in [-0.15, -0.1) is 0 Å². The van der Waals surface area contributed by atoms with E-state index in [1.807, 2.05) is 12.1 Å². The summed E-state index contributed by atoms with van der Waals surface area (Å²) in [4.78, 5) is 18.7. The summed E-state index contributed by atoms with van der Waals surface area (Å²) < 4.78 is 5.42. The summed E-state index contributed by atoms with van der Waals surface area (Å²) in [5.41, 5.74) is 0.623. The predicted molar refractivity (Wildman–Crippen MR) is 108 cm³/mol. The molecule has 0 atom stereocenters. The molecule has 1 amide bonds. The van der Waals surface area contributed by atoms with E-state index in [2.05, 4.69) is 29.0 Å². The molecule has 0 aliphatic carbocycles. The van der Waals surface area contributed by atoms with Crippen LogP contribution < -0.4 is 15.0 Å². The van der Waals surface area contributed by atoms with Gasteiger partial charge in [-0.2, -0.15) is 0 Å². The monoisotopic (exact) mass is 395 g/mol. The van der Waals surface area contributed by atoms with Gasteiger partial charge in [-0.3, -0.25) is 4.79 Å². The number of nitrogens with zero attached hydrogens (tertiary/aromatic N) is 2. The van der Waals surface area contributed by atoms with Crippen LogP contribution in [-0.2, 0) is 4.79 Å². The topological polar surface area (TPSA) is 54.5 Å². The largest absolute Gasteiger partial charge is 0.482 e. The summed E-state index contributed by atoms with van der Waals surface area (Å²) in [6, 6.07) is 8.61. The maximum atomic E-state index is 12.0. The standard InChI is InChI=1S/C19H23Cl2N3O2/c1-3-9-24(10-4-2)18-8-6-15(12-22-18)23-19(25)13-26-17-7-5-14(20)11-16(17)21/h5-8,11-12H,3-4,9-10,13H2,1-2H3,(H,23,25). The quantitative estimate of drug-likeness (QED) is 0.646. The van der Waals surface area contributed by atoms with Crippen LogP contribution in [0.15, 0.2) is 36.5 Å². The minimum Gasteiger partial charge on any atom is -0.482 e. The number of ether oxygens (including phenoxy) is 1. The van der Waals surface area contributed by atoms with Crippen LogP contribution in [0.4, 0.5) is 11.5 Å². The first kappa shape index (κ1) is 20.3. The van der Waals surface area contributed by atoms with E-state index in [-0.39, 0.29) is 12.5 Å². The van der Waals surface area contributed by atoms with Crippen molar-refractivity contribution in [3.05, 3.63) is 46.6 Å². The highest BCUT2D eigenvalue weighted by molar-refractivity contribution is 6.35. The van der Waals surface area contributed by atoms with E-state index >= 15 is 0 Å². The Balaban J connectivity index is 1.90. The number of hydrogen-bond acceptors (Lipinski definition) is 4. The molecular formula is C19H23Cl2N3O2. The number of amides is 1. The first-order valence-corrected chi connectivity index (χ1v) is 9.37. The maximum absolute atomic E-state index is 12.0. The fourth-order valence-electron chi connectivity index (χ4n) is 2.46. The third kappa shape index (κ3) is 6.07. The number of nitrogens with one attached hydrogen (secondary N) is 1. The average molecular weight is 396 g/mol. The van der Waals surface area contributed by atoms with E-state index in [1.54, 1.807) is 24.4 Å². The highest BCUT2D eigenvalue weighted by atomic mass is 35.5. The molecule has 0 spiro atoms. The summed E-state index contributed by atoms with van der Waals surface area (Å²) in [5.74, 6) is 1.04. The SMILES string of the molecule is CCCN(CCC)c1ccc(NC(=O)COc2ccc(Cl)cc2Cl)cn1. The van der Waals surface area contributed by atoms with Gasteiger partial charge in [0.1, 0.15) is 11.6 Å². The molecule has 0 radical (unpaired) electrons. The van der Waals surface area contributed by atoms with E-state index in [4.69, 9.17) is 27.9 Å². The van der Waals surface area contributed by atoms with E-state index in [0.29, 0.717) is 21.5 Å². The van der Waals surface area contributed by atoms with E-state index in [0.717, 1.165) is 31.7 Å². The third-order valence-electron chi connectivity index (χ3n) is 3.60. The van der Waals surface area contributed by atoms with Gasteiger partial charge in [0.2, 0.25) is 0 Å². The molecule has 0 aliphatic rings. The Labute approximate surface area is 164 Å². The smallest absolute Gasteiger partial charge is 0.262 e. The van der Waals surface area contributed by atoms with Gasteiger partial charge in [-0.05, 0) is 43.2 Å². The third-order valence-corrected chi connectivity index (χ3v) is 4.13. The highest BCUT2D eigenvalue weighted by Crippen LogP contribution is 2.27. The Morgan fingerprint density at radius 3 is 2.46 bits per heavy atom. The molecule has 0 fully saturated rings. The molecule has 7 heteroatoms. The molecular weight excluding hydrogens is 373 g/mol. The molecule has 1 N–H and O–H groups in total. The molecule has 140 valence electrons. The molecule has 26 heavy (non-hydrogen) atoms.